The van der Waals surface area contributed by atoms with Crippen LogP contribution >= 0.6 is 0 Å². The van der Waals surface area contributed by atoms with Crippen molar-refractivity contribution in [2.75, 3.05) is 0 Å². The highest BCUT2D eigenvalue weighted by Crippen LogP contribution is 2.29. The molecule has 1 nitrogen and oxygen atoms in total. The summed E-state index contributed by atoms with van der Waals surface area (Å²) in [6.07, 6.45) is -5.03. The summed E-state index contributed by atoms with van der Waals surface area (Å²) in [4.78, 5) is 0. The molecule has 0 heterocycles. The van der Waals surface area contributed by atoms with Gasteiger partial charge in [0.05, 0.1) is 0 Å². The van der Waals surface area contributed by atoms with Crippen LogP contribution in [0.25, 0.3) is 0 Å². The Bertz CT molecular complexity index is 373. The second-order valence-electron chi connectivity index (χ2n) is 4.57. The van der Waals surface area contributed by atoms with Crippen LogP contribution in [0.3, 0.4) is 0 Å². The molecule has 0 unspecified atom stereocenters. The van der Waals surface area contributed by atoms with Gasteiger partial charge in [-0.15, -0.1) is 0 Å². The standard InChI is InChI=1S/C13H18F3N/c1-8-6-9(2)12(10(3)7-8)11(17)4-5-13(14,15)16/h6-7,11H,4-5,17H2,1-3H3/t11-/m1/s1. The van der Waals surface area contributed by atoms with Crippen molar-refractivity contribution in [2.45, 2.75) is 45.8 Å². The van der Waals surface area contributed by atoms with E-state index in [1.165, 1.54) is 0 Å². The van der Waals surface area contributed by atoms with Crippen molar-refractivity contribution in [2.24, 2.45) is 5.73 Å². The monoisotopic (exact) mass is 245 g/mol. The van der Waals surface area contributed by atoms with Gasteiger partial charge in [-0.2, -0.15) is 13.2 Å². The maximum absolute atomic E-state index is 12.1. The highest BCUT2D eigenvalue weighted by atomic mass is 19.4. The third kappa shape index (κ3) is 4.04. The summed E-state index contributed by atoms with van der Waals surface area (Å²) in [5.74, 6) is 0. The summed E-state index contributed by atoms with van der Waals surface area (Å²) in [5, 5.41) is 0. The molecule has 1 aromatic rings. The molecule has 0 bridgehead atoms. The van der Waals surface area contributed by atoms with Gasteiger partial charge in [0.25, 0.3) is 0 Å². The molecule has 96 valence electrons. The molecule has 4 heteroatoms. The first-order chi connectivity index (χ1) is 7.70. The quantitative estimate of drug-likeness (QED) is 0.857. The minimum absolute atomic E-state index is 0.0613. The van der Waals surface area contributed by atoms with Crippen LogP contribution in [0, 0.1) is 20.8 Å². The van der Waals surface area contributed by atoms with Crippen LogP contribution in [0.1, 0.15) is 41.1 Å². The molecule has 2 N–H and O–H groups in total. The SMILES string of the molecule is Cc1cc(C)c([C@H](N)CCC(F)(F)F)c(C)c1. The van der Waals surface area contributed by atoms with E-state index in [9.17, 15) is 13.2 Å². The van der Waals surface area contributed by atoms with E-state index in [1.807, 2.05) is 32.9 Å². The van der Waals surface area contributed by atoms with Crippen molar-refractivity contribution in [3.8, 4) is 0 Å². The van der Waals surface area contributed by atoms with E-state index >= 15 is 0 Å². The topological polar surface area (TPSA) is 26.0 Å². The Morgan fingerprint density at radius 1 is 1.12 bits per heavy atom. The number of nitrogens with two attached hydrogens (primary N) is 1. The number of halogens is 3. The van der Waals surface area contributed by atoms with Crippen molar-refractivity contribution >= 4 is 0 Å². The molecule has 0 aliphatic carbocycles. The lowest BCUT2D eigenvalue weighted by Gasteiger charge is -2.19. The number of aryl methyl sites for hydroxylation is 3. The largest absolute Gasteiger partial charge is 0.389 e. The first-order valence-corrected chi connectivity index (χ1v) is 5.61. The van der Waals surface area contributed by atoms with E-state index in [2.05, 4.69) is 0 Å². The lowest BCUT2D eigenvalue weighted by atomic mass is 9.92. The van der Waals surface area contributed by atoms with E-state index in [-0.39, 0.29) is 6.42 Å². The summed E-state index contributed by atoms with van der Waals surface area (Å²) in [6.45, 7) is 5.75. The number of benzene rings is 1. The van der Waals surface area contributed by atoms with E-state index < -0.39 is 18.6 Å². The molecule has 0 fully saturated rings. The normalized spacial score (nSPS) is 13.8. The summed E-state index contributed by atoms with van der Waals surface area (Å²) < 4.78 is 36.4. The smallest absolute Gasteiger partial charge is 0.324 e. The number of rotatable bonds is 3. The highest BCUT2D eigenvalue weighted by molar-refractivity contribution is 5.39. The molecule has 0 radical (unpaired) electrons. The van der Waals surface area contributed by atoms with Crippen LogP contribution in [-0.2, 0) is 0 Å². The molecule has 0 saturated heterocycles. The van der Waals surface area contributed by atoms with Gasteiger partial charge in [0.15, 0.2) is 0 Å². The molecule has 0 aromatic heterocycles. The van der Waals surface area contributed by atoms with Crippen molar-refractivity contribution in [1.29, 1.82) is 0 Å². The van der Waals surface area contributed by atoms with Crippen LogP contribution in [-0.4, -0.2) is 6.18 Å². The number of alkyl halides is 3. The third-order valence-corrected chi connectivity index (χ3v) is 2.85. The van der Waals surface area contributed by atoms with Gasteiger partial charge in [0.2, 0.25) is 0 Å². The Labute approximate surface area is 99.8 Å². The van der Waals surface area contributed by atoms with Crippen LogP contribution < -0.4 is 5.73 Å². The van der Waals surface area contributed by atoms with Crippen molar-refractivity contribution in [3.63, 3.8) is 0 Å². The summed E-state index contributed by atoms with van der Waals surface area (Å²) >= 11 is 0. The summed E-state index contributed by atoms with van der Waals surface area (Å²) in [5.41, 5.74) is 9.74. The average Bonchev–Trinajstić information content (AvgIpc) is 2.11. The van der Waals surface area contributed by atoms with E-state index in [1.54, 1.807) is 0 Å². The lowest BCUT2D eigenvalue weighted by molar-refractivity contribution is -0.136. The minimum atomic E-state index is -4.13. The number of hydrogen-bond donors (Lipinski definition) is 1. The van der Waals surface area contributed by atoms with Gasteiger partial charge < -0.3 is 5.73 Å². The first kappa shape index (κ1) is 14.0. The zero-order chi connectivity index (χ0) is 13.2. The molecular weight excluding hydrogens is 227 g/mol. The van der Waals surface area contributed by atoms with Gasteiger partial charge in [-0.05, 0) is 43.9 Å². The Hall–Kier alpha value is -1.03. The second-order valence-corrected chi connectivity index (χ2v) is 4.57. The first-order valence-electron chi connectivity index (χ1n) is 5.61. The van der Waals surface area contributed by atoms with Crippen molar-refractivity contribution in [1.82, 2.24) is 0 Å². The predicted molar refractivity (Wildman–Crippen MR) is 62.9 cm³/mol. The highest BCUT2D eigenvalue weighted by Gasteiger charge is 2.28. The molecular formula is C13H18F3N. The zero-order valence-corrected chi connectivity index (χ0v) is 10.4. The Kier molecular flexibility index (Phi) is 4.20. The fraction of sp³-hybridized carbons (Fsp3) is 0.538. The van der Waals surface area contributed by atoms with Crippen LogP contribution in [0.15, 0.2) is 12.1 Å². The predicted octanol–water partition coefficient (Wildman–Crippen LogP) is 3.95. The van der Waals surface area contributed by atoms with Crippen molar-refractivity contribution < 1.29 is 13.2 Å². The molecule has 0 aliphatic rings. The van der Waals surface area contributed by atoms with E-state index in [0.717, 1.165) is 22.3 Å². The molecule has 0 saturated carbocycles. The average molecular weight is 245 g/mol. The molecule has 0 aliphatic heterocycles. The third-order valence-electron chi connectivity index (χ3n) is 2.85. The van der Waals surface area contributed by atoms with Crippen LogP contribution in [0.4, 0.5) is 13.2 Å². The molecule has 1 atom stereocenters. The van der Waals surface area contributed by atoms with E-state index in [4.69, 9.17) is 5.73 Å². The second kappa shape index (κ2) is 5.08. The zero-order valence-electron chi connectivity index (χ0n) is 10.4. The van der Waals surface area contributed by atoms with Gasteiger partial charge in [-0.3, -0.25) is 0 Å². The fourth-order valence-corrected chi connectivity index (χ4v) is 2.24. The van der Waals surface area contributed by atoms with Crippen LogP contribution in [0.5, 0.6) is 0 Å². The molecule has 0 amide bonds. The molecule has 1 aromatic carbocycles. The van der Waals surface area contributed by atoms with Gasteiger partial charge in [-0.1, -0.05) is 17.7 Å². The summed E-state index contributed by atoms with van der Waals surface area (Å²) in [7, 11) is 0. The molecule has 17 heavy (non-hydrogen) atoms. The Balaban J connectivity index is 2.86. The van der Waals surface area contributed by atoms with Crippen LogP contribution in [0.2, 0.25) is 0 Å². The fourth-order valence-electron chi connectivity index (χ4n) is 2.24. The van der Waals surface area contributed by atoms with Gasteiger partial charge in [0.1, 0.15) is 0 Å². The maximum atomic E-state index is 12.1. The van der Waals surface area contributed by atoms with Gasteiger partial charge >= 0.3 is 6.18 Å². The Morgan fingerprint density at radius 2 is 1.59 bits per heavy atom. The van der Waals surface area contributed by atoms with E-state index in [0.29, 0.717) is 0 Å². The van der Waals surface area contributed by atoms with Gasteiger partial charge in [0, 0.05) is 12.5 Å². The van der Waals surface area contributed by atoms with Crippen molar-refractivity contribution in [3.05, 3.63) is 34.4 Å². The molecule has 1 rings (SSSR count). The lowest BCUT2D eigenvalue weighted by Crippen LogP contribution is -2.17. The number of hydrogen-bond acceptors (Lipinski definition) is 1. The molecule has 0 spiro atoms. The maximum Gasteiger partial charge on any atom is 0.389 e. The van der Waals surface area contributed by atoms with Gasteiger partial charge in [-0.25, -0.2) is 0 Å². The minimum Gasteiger partial charge on any atom is -0.324 e. The summed E-state index contributed by atoms with van der Waals surface area (Å²) in [6, 6.07) is 3.36. The Morgan fingerprint density at radius 3 is 2.00 bits per heavy atom.